The summed E-state index contributed by atoms with van der Waals surface area (Å²) in [6.07, 6.45) is 0. The second-order valence-corrected chi connectivity index (χ2v) is 4.56. The van der Waals surface area contributed by atoms with Crippen LogP contribution in [0.2, 0.25) is 0 Å². The van der Waals surface area contributed by atoms with Crippen LogP contribution in [0.15, 0.2) is 18.2 Å². The minimum Gasteiger partial charge on any atom is -0.462 e. The van der Waals surface area contributed by atoms with Crippen LogP contribution in [0, 0.1) is 18.8 Å². The molecular weight excluding hydrogens is 228 g/mol. The summed E-state index contributed by atoms with van der Waals surface area (Å²) in [6, 6.07) is 5.32. The summed E-state index contributed by atoms with van der Waals surface area (Å²) in [5.41, 5.74) is 1.00. The molecule has 1 aromatic rings. The second-order valence-electron chi connectivity index (χ2n) is 4.56. The third-order valence-electron chi connectivity index (χ3n) is 2.25. The molecule has 1 rings (SSSR count). The van der Waals surface area contributed by atoms with Gasteiger partial charge in [-0.05, 0) is 45.4 Å². The topological polar surface area (TPSA) is 46.5 Å². The van der Waals surface area contributed by atoms with Crippen LogP contribution < -0.4 is 0 Å². The summed E-state index contributed by atoms with van der Waals surface area (Å²) in [6.45, 7) is 7.18. The normalized spacial score (nSPS) is 10.5. The Morgan fingerprint density at radius 1 is 1.44 bits per heavy atom. The predicted molar refractivity (Wildman–Crippen MR) is 70.3 cm³/mol. The van der Waals surface area contributed by atoms with E-state index in [-0.39, 0.29) is 5.97 Å². The van der Waals surface area contributed by atoms with E-state index in [0.29, 0.717) is 17.7 Å². The zero-order valence-electron chi connectivity index (χ0n) is 11.2. The largest absolute Gasteiger partial charge is 0.462 e. The van der Waals surface area contributed by atoms with Gasteiger partial charge < -0.3 is 9.84 Å². The van der Waals surface area contributed by atoms with Crippen LogP contribution in [0.3, 0.4) is 0 Å². The summed E-state index contributed by atoms with van der Waals surface area (Å²) in [5.74, 6) is 5.21. The zero-order valence-corrected chi connectivity index (χ0v) is 11.2. The molecule has 18 heavy (non-hydrogen) atoms. The number of carbonyl (C=O) groups is 1. The summed E-state index contributed by atoms with van der Waals surface area (Å²) < 4.78 is 4.97. The third kappa shape index (κ3) is 4.23. The molecule has 0 atom stereocenters. The number of benzene rings is 1. The lowest BCUT2D eigenvalue weighted by Crippen LogP contribution is -2.14. The molecule has 0 spiro atoms. The molecule has 1 N–H and O–H groups in total. The van der Waals surface area contributed by atoms with E-state index in [1.54, 1.807) is 26.8 Å². The minimum absolute atomic E-state index is 0.345. The van der Waals surface area contributed by atoms with Gasteiger partial charge in [-0.1, -0.05) is 17.9 Å². The molecule has 1 aromatic carbocycles. The Bertz CT molecular complexity index is 499. The maximum Gasteiger partial charge on any atom is 0.338 e. The van der Waals surface area contributed by atoms with E-state index < -0.39 is 5.60 Å². The van der Waals surface area contributed by atoms with Crippen LogP contribution in [0.5, 0.6) is 0 Å². The first-order valence-corrected chi connectivity index (χ1v) is 5.87. The first-order chi connectivity index (χ1) is 8.33. The Labute approximate surface area is 108 Å². The molecule has 0 bridgehead atoms. The molecule has 0 fully saturated rings. The number of ether oxygens (including phenoxy) is 1. The Hall–Kier alpha value is -1.79. The molecule has 0 unspecified atom stereocenters. The average molecular weight is 246 g/mol. The highest BCUT2D eigenvalue weighted by molar-refractivity contribution is 5.91. The molecule has 0 radical (unpaired) electrons. The van der Waals surface area contributed by atoms with Gasteiger partial charge in [0.15, 0.2) is 0 Å². The van der Waals surface area contributed by atoms with Crippen molar-refractivity contribution in [3.8, 4) is 11.8 Å². The predicted octanol–water partition coefficient (Wildman–Crippen LogP) is 2.29. The molecule has 3 nitrogen and oxygen atoms in total. The fourth-order valence-electron chi connectivity index (χ4n) is 1.35. The SMILES string of the molecule is CCOC(=O)c1cc(C#CC(C)(C)O)ccc1C. The highest BCUT2D eigenvalue weighted by Crippen LogP contribution is 2.12. The first kappa shape index (κ1) is 14.3. The highest BCUT2D eigenvalue weighted by atomic mass is 16.5. The molecule has 96 valence electrons. The van der Waals surface area contributed by atoms with E-state index in [4.69, 9.17) is 4.74 Å². The molecule has 0 aliphatic carbocycles. The van der Waals surface area contributed by atoms with Gasteiger partial charge in [-0.3, -0.25) is 0 Å². The van der Waals surface area contributed by atoms with Gasteiger partial charge in [0.25, 0.3) is 0 Å². The van der Waals surface area contributed by atoms with E-state index in [0.717, 1.165) is 5.56 Å². The molecule has 0 saturated heterocycles. The Kier molecular flexibility index (Phi) is 4.52. The van der Waals surface area contributed by atoms with Crippen LogP contribution in [0.1, 0.15) is 42.3 Å². The van der Waals surface area contributed by atoms with E-state index in [1.807, 2.05) is 19.1 Å². The van der Waals surface area contributed by atoms with Crippen molar-refractivity contribution in [2.75, 3.05) is 6.61 Å². The van der Waals surface area contributed by atoms with E-state index in [9.17, 15) is 9.90 Å². The summed E-state index contributed by atoms with van der Waals surface area (Å²) in [7, 11) is 0. The van der Waals surface area contributed by atoms with Crippen molar-refractivity contribution in [1.29, 1.82) is 0 Å². The lowest BCUT2D eigenvalue weighted by atomic mass is 10.0. The van der Waals surface area contributed by atoms with Gasteiger partial charge in [-0.25, -0.2) is 4.79 Å². The number of esters is 1. The number of hydrogen-bond acceptors (Lipinski definition) is 3. The lowest BCUT2D eigenvalue weighted by molar-refractivity contribution is 0.0525. The molecular formula is C15H18O3. The van der Waals surface area contributed by atoms with Gasteiger partial charge in [0.1, 0.15) is 5.60 Å². The monoisotopic (exact) mass is 246 g/mol. The van der Waals surface area contributed by atoms with Crippen LogP contribution >= 0.6 is 0 Å². The molecule has 0 amide bonds. The quantitative estimate of drug-likeness (QED) is 0.643. The number of aliphatic hydroxyl groups is 1. The van der Waals surface area contributed by atoms with Crippen molar-refractivity contribution in [3.63, 3.8) is 0 Å². The Balaban J connectivity index is 3.07. The van der Waals surface area contributed by atoms with Crippen LogP contribution in [-0.2, 0) is 4.74 Å². The number of carbonyl (C=O) groups excluding carboxylic acids is 1. The van der Waals surface area contributed by atoms with E-state index >= 15 is 0 Å². The number of aryl methyl sites for hydroxylation is 1. The standard InChI is InChI=1S/C15H18O3/c1-5-18-14(16)13-10-12(7-6-11(13)2)8-9-15(3,4)17/h6-7,10,17H,5H2,1-4H3. The molecule has 0 aliphatic heterocycles. The maximum absolute atomic E-state index is 11.7. The summed E-state index contributed by atoms with van der Waals surface area (Å²) in [4.78, 5) is 11.7. The third-order valence-corrected chi connectivity index (χ3v) is 2.25. The smallest absolute Gasteiger partial charge is 0.338 e. The number of hydrogen-bond donors (Lipinski definition) is 1. The van der Waals surface area contributed by atoms with Gasteiger partial charge in [-0.2, -0.15) is 0 Å². The van der Waals surface area contributed by atoms with Crippen molar-refractivity contribution in [3.05, 3.63) is 34.9 Å². The summed E-state index contributed by atoms with van der Waals surface area (Å²) in [5, 5.41) is 9.53. The molecule has 0 saturated carbocycles. The van der Waals surface area contributed by atoms with Crippen LogP contribution in [0.4, 0.5) is 0 Å². The zero-order chi connectivity index (χ0) is 13.8. The Morgan fingerprint density at radius 2 is 2.11 bits per heavy atom. The van der Waals surface area contributed by atoms with E-state index in [2.05, 4.69) is 11.8 Å². The van der Waals surface area contributed by atoms with Crippen molar-refractivity contribution in [2.45, 2.75) is 33.3 Å². The number of rotatable bonds is 2. The van der Waals surface area contributed by atoms with Crippen molar-refractivity contribution in [1.82, 2.24) is 0 Å². The summed E-state index contributed by atoms with van der Waals surface area (Å²) >= 11 is 0. The van der Waals surface area contributed by atoms with Gasteiger partial charge in [0.05, 0.1) is 12.2 Å². The molecule has 0 aromatic heterocycles. The molecule has 3 heteroatoms. The maximum atomic E-state index is 11.7. The van der Waals surface area contributed by atoms with Gasteiger partial charge in [-0.15, -0.1) is 0 Å². The second kappa shape index (κ2) is 5.70. The fraction of sp³-hybridized carbons (Fsp3) is 0.400. The van der Waals surface area contributed by atoms with Crippen molar-refractivity contribution < 1.29 is 14.6 Å². The van der Waals surface area contributed by atoms with Crippen LogP contribution in [-0.4, -0.2) is 23.3 Å². The minimum atomic E-state index is -1.05. The molecule has 0 heterocycles. The van der Waals surface area contributed by atoms with Gasteiger partial charge in [0, 0.05) is 5.56 Å². The van der Waals surface area contributed by atoms with E-state index in [1.165, 1.54) is 0 Å². The van der Waals surface area contributed by atoms with Crippen LogP contribution in [0.25, 0.3) is 0 Å². The van der Waals surface area contributed by atoms with Gasteiger partial charge in [0.2, 0.25) is 0 Å². The van der Waals surface area contributed by atoms with Crippen molar-refractivity contribution >= 4 is 5.97 Å². The van der Waals surface area contributed by atoms with Gasteiger partial charge >= 0.3 is 5.97 Å². The van der Waals surface area contributed by atoms with Crippen molar-refractivity contribution in [2.24, 2.45) is 0 Å². The highest BCUT2D eigenvalue weighted by Gasteiger charge is 2.10. The average Bonchev–Trinajstić information content (AvgIpc) is 2.27. The Morgan fingerprint density at radius 3 is 2.67 bits per heavy atom. The molecule has 0 aliphatic rings. The lowest BCUT2D eigenvalue weighted by Gasteiger charge is -2.07. The first-order valence-electron chi connectivity index (χ1n) is 5.87. The fourth-order valence-corrected chi connectivity index (χ4v) is 1.35.